The van der Waals surface area contributed by atoms with Crippen molar-refractivity contribution in [2.75, 3.05) is 39.6 Å². The van der Waals surface area contributed by atoms with E-state index in [0.717, 1.165) is 19.6 Å². The Labute approximate surface area is 110 Å². The first kappa shape index (κ1) is 14.3. The monoisotopic (exact) mass is 258 g/mol. The zero-order chi connectivity index (χ0) is 12.8. The van der Waals surface area contributed by atoms with Crippen LogP contribution < -0.4 is 0 Å². The van der Waals surface area contributed by atoms with Crippen LogP contribution in [0.4, 0.5) is 0 Å². The molecule has 3 atom stereocenters. The van der Waals surface area contributed by atoms with Crippen LogP contribution in [-0.4, -0.2) is 51.3 Å². The lowest BCUT2D eigenvalue weighted by Gasteiger charge is -2.23. The van der Waals surface area contributed by atoms with Gasteiger partial charge in [0.05, 0.1) is 38.1 Å². The van der Waals surface area contributed by atoms with Crippen LogP contribution in [0.1, 0.15) is 33.1 Å². The van der Waals surface area contributed by atoms with Gasteiger partial charge < -0.3 is 18.9 Å². The van der Waals surface area contributed by atoms with Gasteiger partial charge in [-0.3, -0.25) is 0 Å². The average molecular weight is 258 g/mol. The van der Waals surface area contributed by atoms with Gasteiger partial charge in [0, 0.05) is 13.2 Å². The van der Waals surface area contributed by atoms with Crippen molar-refractivity contribution in [2.24, 2.45) is 5.92 Å². The van der Waals surface area contributed by atoms with Crippen LogP contribution in [0.3, 0.4) is 0 Å². The van der Waals surface area contributed by atoms with Crippen LogP contribution in [0.5, 0.6) is 0 Å². The minimum Gasteiger partial charge on any atom is -0.379 e. The SMILES string of the molecule is CCOCCOCCOCC1CCC2OC2(C)C1. The fourth-order valence-electron chi connectivity index (χ4n) is 2.77. The zero-order valence-corrected chi connectivity index (χ0v) is 11.7. The second kappa shape index (κ2) is 6.85. The summed E-state index contributed by atoms with van der Waals surface area (Å²) < 4.78 is 21.9. The Morgan fingerprint density at radius 2 is 1.78 bits per heavy atom. The summed E-state index contributed by atoms with van der Waals surface area (Å²) in [5.74, 6) is 0.664. The standard InChI is InChI=1S/C14H26O4/c1-3-15-6-7-16-8-9-17-11-12-4-5-13-14(2,10-12)18-13/h12-13H,3-11H2,1-2H3. The van der Waals surface area contributed by atoms with Crippen molar-refractivity contribution >= 4 is 0 Å². The minimum absolute atomic E-state index is 0.181. The summed E-state index contributed by atoms with van der Waals surface area (Å²) in [6.45, 7) is 8.50. The van der Waals surface area contributed by atoms with Crippen LogP contribution in [0.2, 0.25) is 0 Å². The van der Waals surface area contributed by atoms with Gasteiger partial charge in [-0.15, -0.1) is 0 Å². The van der Waals surface area contributed by atoms with Crippen LogP contribution in [0.25, 0.3) is 0 Å². The van der Waals surface area contributed by atoms with Crippen molar-refractivity contribution in [3.63, 3.8) is 0 Å². The molecule has 2 fully saturated rings. The molecule has 0 aromatic rings. The van der Waals surface area contributed by atoms with E-state index in [2.05, 4.69) is 6.92 Å². The Morgan fingerprint density at radius 1 is 1.06 bits per heavy atom. The van der Waals surface area contributed by atoms with Crippen LogP contribution in [-0.2, 0) is 18.9 Å². The molecule has 0 aromatic heterocycles. The zero-order valence-electron chi connectivity index (χ0n) is 11.7. The molecular formula is C14H26O4. The number of fused-ring (bicyclic) bond motifs is 1. The summed E-state index contributed by atoms with van der Waals surface area (Å²) in [6, 6.07) is 0. The minimum atomic E-state index is 0.181. The number of epoxide rings is 1. The van der Waals surface area contributed by atoms with Gasteiger partial charge in [0.15, 0.2) is 0 Å². The summed E-state index contributed by atoms with van der Waals surface area (Å²) >= 11 is 0. The molecule has 18 heavy (non-hydrogen) atoms. The van der Waals surface area contributed by atoms with Crippen LogP contribution >= 0.6 is 0 Å². The summed E-state index contributed by atoms with van der Waals surface area (Å²) in [4.78, 5) is 0. The predicted octanol–water partition coefficient (Wildman–Crippen LogP) is 2.01. The van der Waals surface area contributed by atoms with E-state index < -0.39 is 0 Å². The summed E-state index contributed by atoms with van der Waals surface area (Å²) in [6.07, 6.45) is 4.14. The Hall–Kier alpha value is -0.160. The maximum Gasteiger partial charge on any atom is 0.0923 e. The van der Waals surface area contributed by atoms with Crippen LogP contribution in [0, 0.1) is 5.92 Å². The van der Waals surface area contributed by atoms with Crippen molar-refractivity contribution < 1.29 is 18.9 Å². The molecule has 0 bridgehead atoms. The summed E-state index contributed by atoms with van der Waals surface area (Å²) in [7, 11) is 0. The van der Waals surface area contributed by atoms with Crippen LogP contribution in [0.15, 0.2) is 0 Å². The maximum atomic E-state index is 5.68. The van der Waals surface area contributed by atoms with Gasteiger partial charge >= 0.3 is 0 Å². The molecule has 1 saturated heterocycles. The molecule has 0 amide bonds. The van der Waals surface area contributed by atoms with Gasteiger partial charge in [0.25, 0.3) is 0 Å². The molecule has 4 heteroatoms. The van der Waals surface area contributed by atoms with Gasteiger partial charge in [-0.2, -0.15) is 0 Å². The second-order valence-electron chi connectivity index (χ2n) is 5.45. The van der Waals surface area contributed by atoms with Gasteiger partial charge in [0.2, 0.25) is 0 Å². The summed E-state index contributed by atoms with van der Waals surface area (Å²) in [5, 5.41) is 0. The number of hydrogen-bond acceptors (Lipinski definition) is 4. The quantitative estimate of drug-likeness (QED) is 0.468. The first-order valence-corrected chi connectivity index (χ1v) is 7.15. The molecule has 0 spiro atoms. The molecule has 1 aliphatic heterocycles. The lowest BCUT2D eigenvalue weighted by Crippen LogP contribution is -2.25. The van der Waals surface area contributed by atoms with E-state index in [4.69, 9.17) is 18.9 Å². The molecule has 4 nitrogen and oxygen atoms in total. The second-order valence-corrected chi connectivity index (χ2v) is 5.45. The number of hydrogen-bond donors (Lipinski definition) is 0. The highest BCUT2D eigenvalue weighted by atomic mass is 16.6. The highest BCUT2D eigenvalue weighted by molar-refractivity contribution is 5.03. The van der Waals surface area contributed by atoms with Gasteiger partial charge in [-0.1, -0.05) is 0 Å². The van der Waals surface area contributed by atoms with Crippen molar-refractivity contribution in [2.45, 2.75) is 44.8 Å². The fourth-order valence-corrected chi connectivity index (χ4v) is 2.77. The van der Waals surface area contributed by atoms with E-state index in [0.29, 0.717) is 38.4 Å². The lowest BCUT2D eigenvalue weighted by atomic mass is 9.83. The number of rotatable bonds is 9. The number of ether oxygens (including phenoxy) is 4. The van der Waals surface area contributed by atoms with E-state index in [1.807, 2.05) is 6.92 Å². The van der Waals surface area contributed by atoms with Crippen molar-refractivity contribution in [1.82, 2.24) is 0 Å². The van der Waals surface area contributed by atoms with E-state index in [1.165, 1.54) is 12.8 Å². The third-order valence-corrected chi connectivity index (χ3v) is 3.87. The molecule has 1 saturated carbocycles. The molecule has 0 radical (unpaired) electrons. The van der Waals surface area contributed by atoms with E-state index in [9.17, 15) is 0 Å². The molecule has 2 rings (SSSR count). The summed E-state index contributed by atoms with van der Waals surface area (Å²) in [5.41, 5.74) is 0.181. The largest absolute Gasteiger partial charge is 0.379 e. The molecule has 106 valence electrons. The Balaban J connectivity index is 1.41. The Kier molecular flexibility index (Phi) is 5.42. The van der Waals surface area contributed by atoms with Crippen molar-refractivity contribution in [3.05, 3.63) is 0 Å². The van der Waals surface area contributed by atoms with Gasteiger partial charge in [-0.25, -0.2) is 0 Å². The molecular weight excluding hydrogens is 232 g/mol. The molecule has 1 heterocycles. The molecule has 1 aliphatic carbocycles. The first-order chi connectivity index (χ1) is 8.74. The van der Waals surface area contributed by atoms with E-state index in [-0.39, 0.29) is 5.60 Å². The van der Waals surface area contributed by atoms with Gasteiger partial charge in [-0.05, 0) is 39.0 Å². The van der Waals surface area contributed by atoms with Gasteiger partial charge in [0.1, 0.15) is 0 Å². The average Bonchev–Trinajstić information content (AvgIpc) is 3.03. The Morgan fingerprint density at radius 3 is 2.50 bits per heavy atom. The molecule has 3 unspecified atom stereocenters. The smallest absolute Gasteiger partial charge is 0.0923 e. The normalized spacial score (nSPS) is 34.3. The van der Waals surface area contributed by atoms with E-state index >= 15 is 0 Å². The third kappa shape index (κ3) is 4.19. The third-order valence-electron chi connectivity index (χ3n) is 3.87. The molecule has 0 aromatic carbocycles. The van der Waals surface area contributed by atoms with E-state index in [1.54, 1.807) is 0 Å². The van der Waals surface area contributed by atoms with Crippen molar-refractivity contribution in [1.29, 1.82) is 0 Å². The Bertz CT molecular complexity index is 246. The fraction of sp³-hybridized carbons (Fsp3) is 1.00. The molecule has 0 N–H and O–H groups in total. The first-order valence-electron chi connectivity index (χ1n) is 7.15. The highest BCUT2D eigenvalue weighted by Gasteiger charge is 2.55. The van der Waals surface area contributed by atoms with Crippen molar-refractivity contribution in [3.8, 4) is 0 Å². The predicted molar refractivity (Wildman–Crippen MR) is 68.8 cm³/mol. The lowest BCUT2D eigenvalue weighted by molar-refractivity contribution is 0.00543. The highest BCUT2D eigenvalue weighted by Crippen LogP contribution is 2.49. The maximum absolute atomic E-state index is 5.68. The topological polar surface area (TPSA) is 40.2 Å². The molecule has 2 aliphatic rings.